The van der Waals surface area contributed by atoms with Crippen molar-refractivity contribution < 1.29 is 5.11 Å². The summed E-state index contributed by atoms with van der Waals surface area (Å²) in [5, 5.41) is 9.88. The quantitative estimate of drug-likeness (QED) is 0.880. The highest BCUT2D eigenvalue weighted by Crippen LogP contribution is 2.29. The highest BCUT2D eigenvalue weighted by molar-refractivity contribution is 5.34. The van der Waals surface area contributed by atoms with Crippen LogP contribution in [0.3, 0.4) is 0 Å². The van der Waals surface area contributed by atoms with E-state index in [1.165, 1.54) is 22.3 Å². The highest BCUT2D eigenvalue weighted by atomic mass is 16.3. The standard InChI is InChI=1S/C18H22O/c1-14-7-6-10-17(11-14)18(3,13-19)12-16-9-5-4-8-15(16)2/h4-11,19H,12-13H2,1-3H3. The number of hydrogen-bond acceptors (Lipinski definition) is 1. The zero-order valence-electron chi connectivity index (χ0n) is 12.0. The molecule has 0 radical (unpaired) electrons. The van der Waals surface area contributed by atoms with E-state index in [2.05, 4.69) is 69.3 Å². The molecule has 0 aliphatic heterocycles. The summed E-state index contributed by atoms with van der Waals surface area (Å²) in [5.74, 6) is 0. The molecule has 0 saturated heterocycles. The van der Waals surface area contributed by atoms with Gasteiger partial charge >= 0.3 is 0 Å². The van der Waals surface area contributed by atoms with Crippen LogP contribution in [-0.2, 0) is 11.8 Å². The van der Waals surface area contributed by atoms with E-state index in [1.807, 2.05) is 0 Å². The van der Waals surface area contributed by atoms with Gasteiger partial charge in [0.05, 0.1) is 6.61 Å². The normalized spacial score (nSPS) is 14.1. The molecule has 19 heavy (non-hydrogen) atoms. The van der Waals surface area contributed by atoms with Crippen molar-refractivity contribution in [3.05, 3.63) is 70.8 Å². The SMILES string of the molecule is Cc1cccc(C(C)(CO)Cc2ccccc2C)c1. The number of aryl methyl sites for hydroxylation is 2. The zero-order valence-corrected chi connectivity index (χ0v) is 12.0. The molecule has 1 heteroatoms. The van der Waals surface area contributed by atoms with Crippen molar-refractivity contribution in [3.63, 3.8) is 0 Å². The fourth-order valence-electron chi connectivity index (χ4n) is 2.50. The van der Waals surface area contributed by atoms with Crippen LogP contribution in [0.4, 0.5) is 0 Å². The van der Waals surface area contributed by atoms with Gasteiger partial charge in [-0.3, -0.25) is 0 Å². The summed E-state index contributed by atoms with van der Waals surface area (Å²) in [4.78, 5) is 0. The van der Waals surface area contributed by atoms with Crippen molar-refractivity contribution in [1.29, 1.82) is 0 Å². The molecule has 2 rings (SSSR count). The van der Waals surface area contributed by atoms with Crippen LogP contribution in [0.1, 0.15) is 29.2 Å². The van der Waals surface area contributed by atoms with E-state index in [9.17, 15) is 5.11 Å². The minimum Gasteiger partial charge on any atom is -0.395 e. The van der Waals surface area contributed by atoms with E-state index in [0.717, 1.165) is 6.42 Å². The lowest BCUT2D eigenvalue weighted by molar-refractivity contribution is 0.204. The molecule has 0 fully saturated rings. The number of aliphatic hydroxyl groups is 1. The van der Waals surface area contributed by atoms with Crippen molar-refractivity contribution in [1.82, 2.24) is 0 Å². The van der Waals surface area contributed by atoms with E-state index >= 15 is 0 Å². The maximum Gasteiger partial charge on any atom is 0.0528 e. The van der Waals surface area contributed by atoms with Gasteiger partial charge in [0.2, 0.25) is 0 Å². The summed E-state index contributed by atoms with van der Waals surface area (Å²) in [6.07, 6.45) is 0.861. The van der Waals surface area contributed by atoms with Gasteiger partial charge < -0.3 is 5.11 Å². The third-order valence-corrected chi connectivity index (χ3v) is 3.91. The van der Waals surface area contributed by atoms with Gasteiger partial charge in [-0.1, -0.05) is 61.0 Å². The van der Waals surface area contributed by atoms with Crippen LogP contribution in [-0.4, -0.2) is 11.7 Å². The summed E-state index contributed by atoms with van der Waals surface area (Å²) in [7, 11) is 0. The Kier molecular flexibility index (Phi) is 4.06. The predicted molar refractivity (Wildman–Crippen MR) is 80.5 cm³/mol. The van der Waals surface area contributed by atoms with Crippen LogP contribution in [0.25, 0.3) is 0 Å². The van der Waals surface area contributed by atoms with Gasteiger partial charge in [-0.05, 0) is 37.0 Å². The minimum absolute atomic E-state index is 0.158. The first-order chi connectivity index (χ1) is 9.05. The van der Waals surface area contributed by atoms with E-state index in [-0.39, 0.29) is 12.0 Å². The van der Waals surface area contributed by atoms with Crippen LogP contribution in [0.2, 0.25) is 0 Å². The van der Waals surface area contributed by atoms with Crippen molar-refractivity contribution >= 4 is 0 Å². The maximum atomic E-state index is 9.88. The zero-order chi connectivity index (χ0) is 13.9. The van der Waals surface area contributed by atoms with Crippen molar-refractivity contribution in [3.8, 4) is 0 Å². The average molecular weight is 254 g/mol. The van der Waals surface area contributed by atoms with E-state index in [4.69, 9.17) is 0 Å². The monoisotopic (exact) mass is 254 g/mol. The van der Waals surface area contributed by atoms with Crippen molar-refractivity contribution in [2.75, 3.05) is 6.61 Å². The molecule has 0 spiro atoms. The smallest absolute Gasteiger partial charge is 0.0528 e. The number of benzene rings is 2. The van der Waals surface area contributed by atoms with Gasteiger partial charge in [-0.25, -0.2) is 0 Å². The molecule has 0 saturated carbocycles. The Hall–Kier alpha value is -1.60. The predicted octanol–water partition coefficient (Wildman–Crippen LogP) is 3.80. The second-order valence-corrected chi connectivity index (χ2v) is 5.69. The van der Waals surface area contributed by atoms with Crippen molar-refractivity contribution in [2.24, 2.45) is 0 Å². The van der Waals surface area contributed by atoms with Gasteiger partial charge in [0.1, 0.15) is 0 Å². The van der Waals surface area contributed by atoms with Gasteiger partial charge in [0.15, 0.2) is 0 Å². The summed E-state index contributed by atoms with van der Waals surface area (Å²) in [6, 6.07) is 16.8. The molecule has 1 atom stereocenters. The Morgan fingerprint density at radius 3 is 2.37 bits per heavy atom. The summed E-state index contributed by atoms with van der Waals surface area (Å²) in [5.41, 5.74) is 4.81. The molecule has 2 aromatic carbocycles. The van der Waals surface area contributed by atoms with Crippen LogP contribution in [0, 0.1) is 13.8 Å². The second kappa shape index (κ2) is 5.58. The lowest BCUT2D eigenvalue weighted by Gasteiger charge is -2.29. The Balaban J connectivity index is 2.36. The molecule has 0 aliphatic carbocycles. The summed E-state index contributed by atoms with van der Waals surface area (Å²) >= 11 is 0. The fraction of sp³-hybridized carbons (Fsp3) is 0.333. The van der Waals surface area contributed by atoms with Crippen LogP contribution in [0.15, 0.2) is 48.5 Å². The molecule has 0 aliphatic rings. The first kappa shape index (κ1) is 13.8. The molecular weight excluding hydrogens is 232 g/mol. The lowest BCUT2D eigenvalue weighted by Crippen LogP contribution is -2.29. The molecule has 1 N–H and O–H groups in total. The molecule has 1 nitrogen and oxygen atoms in total. The molecule has 1 unspecified atom stereocenters. The topological polar surface area (TPSA) is 20.2 Å². The highest BCUT2D eigenvalue weighted by Gasteiger charge is 2.26. The van der Waals surface area contributed by atoms with Gasteiger partial charge in [-0.15, -0.1) is 0 Å². The summed E-state index contributed by atoms with van der Waals surface area (Å²) < 4.78 is 0. The molecule has 0 heterocycles. The van der Waals surface area contributed by atoms with Crippen LogP contribution < -0.4 is 0 Å². The average Bonchev–Trinajstić information content (AvgIpc) is 2.41. The number of aliphatic hydroxyl groups excluding tert-OH is 1. The number of rotatable bonds is 4. The molecular formula is C18H22O. The molecule has 100 valence electrons. The van der Waals surface area contributed by atoms with E-state index < -0.39 is 0 Å². The van der Waals surface area contributed by atoms with Crippen LogP contribution >= 0.6 is 0 Å². The second-order valence-electron chi connectivity index (χ2n) is 5.69. The van der Waals surface area contributed by atoms with E-state index in [0.29, 0.717) is 0 Å². The molecule has 0 bridgehead atoms. The molecule has 0 aromatic heterocycles. The van der Waals surface area contributed by atoms with Crippen molar-refractivity contribution in [2.45, 2.75) is 32.6 Å². The first-order valence-corrected chi connectivity index (χ1v) is 6.78. The van der Waals surface area contributed by atoms with E-state index in [1.54, 1.807) is 0 Å². The third kappa shape index (κ3) is 3.05. The van der Waals surface area contributed by atoms with Crippen LogP contribution in [0.5, 0.6) is 0 Å². The summed E-state index contributed by atoms with van der Waals surface area (Å²) in [6.45, 7) is 6.51. The van der Waals surface area contributed by atoms with Gasteiger partial charge in [0, 0.05) is 5.41 Å². The largest absolute Gasteiger partial charge is 0.395 e. The Morgan fingerprint density at radius 1 is 1.00 bits per heavy atom. The third-order valence-electron chi connectivity index (χ3n) is 3.91. The Morgan fingerprint density at radius 2 is 1.74 bits per heavy atom. The lowest BCUT2D eigenvalue weighted by atomic mass is 9.77. The Labute approximate surface area is 115 Å². The molecule has 0 amide bonds. The Bertz CT molecular complexity index is 559. The first-order valence-electron chi connectivity index (χ1n) is 6.78. The maximum absolute atomic E-state index is 9.88. The number of hydrogen-bond donors (Lipinski definition) is 1. The molecule has 2 aromatic rings. The minimum atomic E-state index is -0.224. The van der Waals surface area contributed by atoms with Gasteiger partial charge in [-0.2, -0.15) is 0 Å². The fourth-order valence-corrected chi connectivity index (χ4v) is 2.50. The van der Waals surface area contributed by atoms with Gasteiger partial charge in [0.25, 0.3) is 0 Å².